The van der Waals surface area contributed by atoms with Crippen molar-refractivity contribution in [2.45, 2.75) is 32.5 Å². The summed E-state index contributed by atoms with van der Waals surface area (Å²) in [6.45, 7) is 3.85. The molecule has 0 radical (unpaired) electrons. The van der Waals surface area contributed by atoms with Gasteiger partial charge in [-0.15, -0.1) is 0 Å². The Labute approximate surface area is 121 Å². The van der Waals surface area contributed by atoms with Crippen LogP contribution >= 0.6 is 0 Å². The molecule has 0 bridgehead atoms. The lowest BCUT2D eigenvalue weighted by atomic mass is 10.1. The molecule has 2 N–H and O–H groups in total. The van der Waals surface area contributed by atoms with Crippen molar-refractivity contribution in [2.75, 3.05) is 11.9 Å². The first kappa shape index (κ1) is 16.8. The zero-order valence-electron chi connectivity index (χ0n) is 11.7. The maximum Gasteiger partial charge on any atom is 0.417 e. The molecule has 0 atom stereocenters. The summed E-state index contributed by atoms with van der Waals surface area (Å²) in [7, 11) is 0. The summed E-state index contributed by atoms with van der Waals surface area (Å²) in [6.07, 6.45) is -4.43. The second-order valence-electron chi connectivity index (χ2n) is 4.77. The molecule has 1 aromatic rings. The molecule has 0 heterocycles. The van der Waals surface area contributed by atoms with Crippen molar-refractivity contribution < 1.29 is 18.0 Å². The van der Waals surface area contributed by atoms with Gasteiger partial charge in [-0.1, -0.05) is 0 Å². The molecule has 0 saturated heterocycles. The van der Waals surface area contributed by atoms with Crippen LogP contribution in [0.2, 0.25) is 0 Å². The highest BCUT2D eigenvalue weighted by Crippen LogP contribution is 2.33. The molecule has 1 aromatic carbocycles. The molecule has 0 aliphatic heterocycles. The van der Waals surface area contributed by atoms with E-state index in [0.29, 0.717) is 0 Å². The standard InChI is InChI=1S/C14H16F3N3O/c1-9(2)20-13(21)5-6-19-11-4-3-10(8-18)12(7-11)14(15,16)17/h3-4,7,9,19H,5-6H2,1-2H3,(H,20,21). The number of amides is 1. The molecule has 0 unspecified atom stereocenters. The molecule has 0 saturated carbocycles. The van der Waals surface area contributed by atoms with Crippen LogP contribution in [0.4, 0.5) is 18.9 Å². The van der Waals surface area contributed by atoms with Gasteiger partial charge in [0.25, 0.3) is 0 Å². The lowest BCUT2D eigenvalue weighted by Crippen LogP contribution is -2.31. The van der Waals surface area contributed by atoms with Crippen molar-refractivity contribution in [1.29, 1.82) is 5.26 Å². The van der Waals surface area contributed by atoms with Gasteiger partial charge >= 0.3 is 6.18 Å². The van der Waals surface area contributed by atoms with E-state index in [2.05, 4.69) is 10.6 Å². The number of carbonyl (C=O) groups is 1. The van der Waals surface area contributed by atoms with Gasteiger partial charge in [-0.2, -0.15) is 18.4 Å². The Morgan fingerprint density at radius 2 is 2.05 bits per heavy atom. The number of nitrogens with one attached hydrogen (secondary N) is 2. The monoisotopic (exact) mass is 299 g/mol. The Kier molecular flexibility index (Phi) is 5.59. The molecule has 0 aliphatic rings. The van der Waals surface area contributed by atoms with Crippen molar-refractivity contribution >= 4 is 11.6 Å². The van der Waals surface area contributed by atoms with E-state index in [4.69, 9.17) is 5.26 Å². The van der Waals surface area contributed by atoms with Crippen LogP contribution < -0.4 is 10.6 Å². The van der Waals surface area contributed by atoms with Crippen LogP contribution in [0, 0.1) is 11.3 Å². The lowest BCUT2D eigenvalue weighted by molar-refractivity contribution is -0.137. The zero-order chi connectivity index (χ0) is 16.0. The molecule has 21 heavy (non-hydrogen) atoms. The van der Waals surface area contributed by atoms with E-state index in [1.807, 2.05) is 13.8 Å². The Hall–Kier alpha value is -2.23. The smallest absolute Gasteiger partial charge is 0.385 e. The Bertz CT molecular complexity index is 547. The van der Waals surface area contributed by atoms with E-state index in [-0.39, 0.29) is 30.6 Å². The van der Waals surface area contributed by atoms with E-state index < -0.39 is 17.3 Å². The molecule has 1 amide bonds. The number of carbonyl (C=O) groups excluding carboxylic acids is 1. The molecule has 4 nitrogen and oxygen atoms in total. The number of halogens is 3. The van der Waals surface area contributed by atoms with Gasteiger partial charge < -0.3 is 10.6 Å². The average Bonchev–Trinajstić information content (AvgIpc) is 2.36. The maximum absolute atomic E-state index is 12.8. The van der Waals surface area contributed by atoms with E-state index in [1.54, 1.807) is 0 Å². The number of nitriles is 1. The highest BCUT2D eigenvalue weighted by atomic mass is 19.4. The SMILES string of the molecule is CC(C)NC(=O)CCNc1ccc(C#N)c(C(F)(F)F)c1. The van der Waals surface area contributed by atoms with Crippen molar-refractivity contribution in [3.05, 3.63) is 29.3 Å². The topological polar surface area (TPSA) is 64.9 Å². The van der Waals surface area contributed by atoms with Gasteiger partial charge in [-0.25, -0.2) is 0 Å². The molecular formula is C14H16F3N3O. The van der Waals surface area contributed by atoms with Crippen molar-refractivity contribution in [1.82, 2.24) is 5.32 Å². The quantitative estimate of drug-likeness (QED) is 0.878. The largest absolute Gasteiger partial charge is 0.417 e. The lowest BCUT2D eigenvalue weighted by Gasteiger charge is -2.13. The van der Waals surface area contributed by atoms with E-state index in [9.17, 15) is 18.0 Å². The van der Waals surface area contributed by atoms with Gasteiger partial charge in [0.1, 0.15) is 0 Å². The van der Waals surface area contributed by atoms with Crippen LogP contribution in [0.15, 0.2) is 18.2 Å². The van der Waals surface area contributed by atoms with Crippen LogP contribution in [-0.4, -0.2) is 18.5 Å². The summed E-state index contributed by atoms with van der Waals surface area (Å²) in [5.41, 5.74) is -1.19. The normalized spacial score (nSPS) is 11.1. The summed E-state index contributed by atoms with van der Waals surface area (Å²) in [6, 6.07) is 4.90. The van der Waals surface area contributed by atoms with E-state index in [1.165, 1.54) is 12.1 Å². The number of alkyl halides is 3. The first-order chi connectivity index (χ1) is 9.74. The number of anilines is 1. The molecule has 0 aromatic heterocycles. The summed E-state index contributed by atoms with van der Waals surface area (Å²) in [5.74, 6) is -0.179. The number of hydrogen-bond donors (Lipinski definition) is 2. The number of hydrogen-bond acceptors (Lipinski definition) is 3. The first-order valence-electron chi connectivity index (χ1n) is 6.38. The fraction of sp³-hybridized carbons (Fsp3) is 0.429. The number of rotatable bonds is 5. The molecule has 0 spiro atoms. The summed E-state index contributed by atoms with van der Waals surface area (Å²) in [4.78, 5) is 11.4. The van der Waals surface area contributed by atoms with Crippen molar-refractivity contribution in [3.8, 4) is 6.07 Å². The minimum atomic E-state index is -4.59. The predicted molar refractivity (Wildman–Crippen MR) is 72.5 cm³/mol. The van der Waals surface area contributed by atoms with Gasteiger partial charge in [0.05, 0.1) is 17.2 Å². The highest BCUT2D eigenvalue weighted by Gasteiger charge is 2.33. The van der Waals surface area contributed by atoms with Crippen LogP contribution in [-0.2, 0) is 11.0 Å². The molecule has 0 aliphatic carbocycles. The molecule has 114 valence electrons. The van der Waals surface area contributed by atoms with Crippen LogP contribution in [0.1, 0.15) is 31.4 Å². The molecule has 0 fully saturated rings. The number of nitrogens with zero attached hydrogens (tertiary/aromatic N) is 1. The Balaban J connectivity index is 2.69. The van der Waals surface area contributed by atoms with Gasteiger partial charge in [-0.3, -0.25) is 4.79 Å². The first-order valence-corrected chi connectivity index (χ1v) is 6.38. The third kappa shape index (κ3) is 5.34. The second-order valence-corrected chi connectivity index (χ2v) is 4.77. The third-order valence-electron chi connectivity index (χ3n) is 2.58. The second kappa shape index (κ2) is 6.97. The van der Waals surface area contributed by atoms with Gasteiger partial charge in [0.2, 0.25) is 5.91 Å². The molecule has 1 rings (SSSR count). The third-order valence-corrected chi connectivity index (χ3v) is 2.58. The average molecular weight is 299 g/mol. The Morgan fingerprint density at radius 3 is 2.57 bits per heavy atom. The summed E-state index contributed by atoms with van der Waals surface area (Å²) < 4.78 is 38.3. The fourth-order valence-corrected chi connectivity index (χ4v) is 1.70. The van der Waals surface area contributed by atoms with Crippen LogP contribution in [0.3, 0.4) is 0 Å². The Morgan fingerprint density at radius 1 is 1.38 bits per heavy atom. The summed E-state index contributed by atoms with van der Waals surface area (Å²) in [5, 5.41) is 14.1. The minimum Gasteiger partial charge on any atom is -0.385 e. The van der Waals surface area contributed by atoms with E-state index >= 15 is 0 Å². The van der Waals surface area contributed by atoms with Crippen molar-refractivity contribution in [3.63, 3.8) is 0 Å². The van der Waals surface area contributed by atoms with Gasteiger partial charge in [0, 0.05) is 24.7 Å². The molecule has 7 heteroatoms. The zero-order valence-corrected chi connectivity index (χ0v) is 11.7. The van der Waals surface area contributed by atoms with Crippen LogP contribution in [0.5, 0.6) is 0 Å². The maximum atomic E-state index is 12.8. The van der Waals surface area contributed by atoms with Crippen molar-refractivity contribution in [2.24, 2.45) is 0 Å². The van der Waals surface area contributed by atoms with E-state index in [0.717, 1.165) is 12.1 Å². The fourth-order valence-electron chi connectivity index (χ4n) is 1.70. The summed E-state index contributed by atoms with van der Waals surface area (Å²) >= 11 is 0. The highest BCUT2D eigenvalue weighted by molar-refractivity contribution is 5.76. The molecular weight excluding hydrogens is 283 g/mol. The van der Waals surface area contributed by atoms with Crippen LogP contribution in [0.25, 0.3) is 0 Å². The van der Waals surface area contributed by atoms with Gasteiger partial charge in [0.15, 0.2) is 0 Å². The van der Waals surface area contributed by atoms with Gasteiger partial charge in [-0.05, 0) is 32.0 Å². The minimum absolute atomic E-state index is 0.0178. The predicted octanol–water partition coefficient (Wildman–Crippen LogP) is 2.90. The number of benzene rings is 1.